The van der Waals surface area contributed by atoms with Gasteiger partial charge >= 0.3 is 0 Å². The number of hydrogen-bond acceptors (Lipinski definition) is 4. The summed E-state index contributed by atoms with van der Waals surface area (Å²) in [6.07, 6.45) is 5.71. The molecule has 2 N–H and O–H groups in total. The molecular weight excluding hydrogens is 330 g/mol. The van der Waals surface area contributed by atoms with Crippen molar-refractivity contribution in [1.29, 1.82) is 0 Å². The number of nitrogens with one attached hydrogen (secondary N) is 1. The van der Waals surface area contributed by atoms with Crippen LogP contribution in [-0.4, -0.2) is 48.8 Å². The van der Waals surface area contributed by atoms with Gasteiger partial charge in [0.05, 0.1) is 5.69 Å². The summed E-state index contributed by atoms with van der Waals surface area (Å²) >= 11 is 0. The van der Waals surface area contributed by atoms with E-state index in [1.807, 2.05) is 28.8 Å². The number of H-pyrrole nitrogens is 1. The Labute approximate surface area is 151 Å². The zero-order chi connectivity index (χ0) is 18.1. The average molecular weight is 351 g/mol. The smallest absolute Gasteiger partial charge is 0.271 e. The summed E-state index contributed by atoms with van der Waals surface area (Å²) in [5.74, 6) is 1.33. The molecule has 134 valence electrons. The maximum absolute atomic E-state index is 12.9. The third kappa shape index (κ3) is 2.96. The molecule has 0 spiro atoms. The summed E-state index contributed by atoms with van der Waals surface area (Å²) in [7, 11) is 1.98. The van der Waals surface area contributed by atoms with Gasteiger partial charge in [0.1, 0.15) is 17.3 Å². The Bertz CT molecular complexity index is 929. The van der Waals surface area contributed by atoms with Gasteiger partial charge in [-0.3, -0.25) is 9.89 Å². The highest BCUT2D eigenvalue weighted by molar-refractivity contribution is 5.93. The Morgan fingerprint density at radius 1 is 1.35 bits per heavy atom. The molecular formula is C19H21N5O2. The van der Waals surface area contributed by atoms with E-state index in [1.54, 1.807) is 30.5 Å². The molecule has 1 aliphatic heterocycles. The van der Waals surface area contributed by atoms with Gasteiger partial charge < -0.3 is 14.6 Å². The van der Waals surface area contributed by atoms with Crippen LogP contribution in [0, 0.1) is 0 Å². The Kier molecular flexibility index (Phi) is 4.20. The number of carbonyl (C=O) groups excluding carboxylic acids is 1. The van der Waals surface area contributed by atoms with E-state index in [0.717, 1.165) is 25.2 Å². The second-order valence-electron chi connectivity index (χ2n) is 6.67. The number of aryl methyl sites for hydroxylation is 1. The summed E-state index contributed by atoms with van der Waals surface area (Å²) in [6, 6.07) is 8.66. The topological polar surface area (TPSA) is 87.0 Å². The fourth-order valence-electron chi connectivity index (χ4n) is 3.57. The Balaban J connectivity index is 1.53. The van der Waals surface area contributed by atoms with Crippen LogP contribution in [0.2, 0.25) is 0 Å². The van der Waals surface area contributed by atoms with E-state index in [2.05, 4.69) is 15.2 Å². The first-order valence-corrected chi connectivity index (χ1v) is 8.74. The van der Waals surface area contributed by atoms with Gasteiger partial charge in [-0.25, -0.2) is 4.98 Å². The first-order chi connectivity index (χ1) is 12.6. The van der Waals surface area contributed by atoms with Crippen LogP contribution in [0.3, 0.4) is 0 Å². The monoisotopic (exact) mass is 351 g/mol. The number of benzene rings is 1. The van der Waals surface area contributed by atoms with Gasteiger partial charge in [-0.2, -0.15) is 5.10 Å². The number of phenols is 1. The molecule has 0 bridgehead atoms. The van der Waals surface area contributed by atoms with E-state index >= 15 is 0 Å². The molecule has 4 rings (SSSR count). The number of para-hydroxylation sites is 1. The van der Waals surface area contributed by atoms with E-state index < -0.39 is 0 Å². The Morgan fingerprint density at radius 2 is 2.19 bits per heavy atom. The molecule has 0 saturated carbocycles. The maximum atomic E-state index is 12.9. The van der Waals surface area contributed by atoms with Crippen molar-refractivity contribution in [2.45, 2.75) is 18.8 Å². The molecule has 3 aromatic rings. The van der Waals surface area contributed by atoms with E-state index in [9.17, 15) is 9.90 Å². The number of likely N-dealkylation sites (tertiary alicyclic amines) is 1. The molecule has 0 radical (unpaired) electrons. The number of nitrogens with zero attached hydrogens (tertiary/aromatic N) is 4. The molecule has 1 amide bonds. The van der Waals surface area contributed by atoms with E-state index in [1.165, 1.54) is 0 Å². The van der Waals surface area contributed by atoms with Crippen molar-refractivity contribution in [3.8, 4) is 17.0 Å². The van der Waals surface area contributed by atoms with E-state index in [-0.39, 0.29) is 17.6 Å². The second kappa shape index (κ2) is 6.67. The Morgan fingerprint density at radius 3 is 2.96 bits per heavy atom. The number of aromatic hydroxyl groups is 1. The molecule has 0 aliphatic carbocycles. The van der Waals surface area contributed by atoms with E-state index in [4.69, 9.17) is 0 Å². The zero-order valence-corrected chi connectivity index (χ0v) is 14.6. The highest BCUT2D eigenvalue weighted by atomic mass is 16.3. The second-order valence-corrected chi connectivity index (χ2v) is 6.67. The van der Waals surface area contributed by atoms with Gasteiger partial charge in [-0.1, -0.05) is 12.1 Å². The van der Waals surface area contributed by atoms with Gasteiger partial charge in [0.15, 0.2) is 0 Å². The zero-order valence-electron chi connectivity index (χ0n) is 14.6. The molecule has 7 nitrogen and oxygen atoms in total. The minimum absolute atomic E-state index is 0.0712. The summed E-state index contributed by atoms with van der Waals surface area (Å²) < 4.78 is 2.02. The largest absolute Gasteiger partial charge is 0.507 e. The standard InChI is InChI=1S/C19H21N5O2/c1-23-10-8-20-18(23)13-5-4-9-24(12-13)19(26)16-11-15(21-22-16)14-6-2-3-7-17(14)25/h2-3,6-8,10-11,13,25H,4-5,9,12H2,1H3,(H,21,22). The third-order valence-corrected chi connectivity index (χ3v) is 4.92. The molecule has 1 atom stereocenters. The SMILES string of the molecule is Cn1ccnc1C1CCCN(C(=O)c2cc(-c3ccccc3O)n[nH]2)C1. The minimum Gasteiger partial charge on any atom is -0.507 e. The Hall–Kier alpha value is -3.09. The van der Waals surface area contributed by atoms with Crippen molar-refractivity contribution in [3.05, 3.63) is 54.2 Å². The number of rotatable bonds is 3. The summed E-state index contributed by atoms with van der Waals surface area (Å²) in [5, 5.41) is 17.0. The summed E-state index contributed by atoms with van der Waals surface area (Å²) in [5.41, 5.74) is 1.60. The van der Waals surface area contributed by atoms with Crippen LogP contribution < -0.4 is 0 Å². The van der Waals surface area contributed by atoms with Crippen LogP contribution in [-0.2, 0) is 7.05 Å². The lowest BCUT2D eigenvalue weighted by atomic mass is 9.97. The summed E-state index contributed by atoms with van der Waals surface area (Å²) in [6.45, 7) is 1.37. The molecule has 3 heterocycles. The lowest BCUT2D eigenvalue weighted by Crippen LogP contribution is -2.39. The van der Waals surface area contributed by atoms with Crippen molar-refractivity contribution < 1.29 is 9.90 Å². The maximum Gasteiger partial charge on any atom is 0.271 e. The highest BCUT2D eigenvalue weighted by Gasteiger charge is 2.28. The molecule has 1 aliphatic rings. The normalized spacial score (nSPS) is 17.4. The van der Waals surface area contributed by atoms with Crippen LogP contribution in [0.15, 0.2) is 42.7 Å². The number of hydrogen-bond donors (Lipinski definition) is 2. The fraction of sp³-hybridized carbons (Fsp3) is 0.316. The number of aromatic nitrogens is 4. The van der Waals surface area contributed by atoms with Gasteiger partial charge in [0.25, 0.3) is 5.91 Å². The van der Waals surface area contributed by atoms with Crippen LogP contribution in [0.1, 0.15) is 35.1 Å². The molecule has 26 heavy (non-hydrogen) atoms. The van der Waals surface area contributed by atoms with Crippen molar-refractivity contribution in [3.63, 3.8) is 0 Å². The molecule has 2 aromatic heterocycles. The van der Waals surface area contributed by atoms with Gasteiger partial charge in [0.2, 0.25) is 0 Å². The minimum atomic E-state index is -0.0712. The number of piperidine rings is 1. The highest BCUT2D eigenvalue weighted by Crippen LogP contribution is 2.29. The third-order valence-electron chi connectivity index (χ3n) is 4.92. The van der Waals surface area contributed by atoms with Crippen LogP contribution in [0.25, 0.3) is 11.3 Å². The van der Waals surface area contributed by atoms with E-state index in [0.29, 0.717) is 23.5 Å². The van der Waals surface area contributed by atoms with Gasteiger partial charge in [-0.15, -0.1) is 0 Å². The predicted molar refractivity (Wildman–Crippen MR) is 96.8 cm³/mol. The number of aromatic amines is 1. The van der Waals surface area contributed by atoms with Crippen LogP contribution in [0.4, 0.5) is 0 Å². The molecule has 1 aromatic carbocycles. The van der Waals surface area contributed by atoms with Crippen molar-refractivity contribution >= 4 is 5.91 Å². The number of phenolic OH excluding ortho intramolecular Hbond substituents is 1. The lowest BCUT2D eigenvalue weighted by molar-refractivity contribution is 0.0697. The van der Waals surface area contributed by atoms with Crippen molar-refractivity contribution in [1.82, 2.24) is 24.6 Å². The number of carbonyl (C=O) groups is 1. The predicted octanol–water partition coefficient (Wildman–Crippen LogP) is 2.54. The van der Waals surface area contributed by atoms with Crippen LogP contribution >= 0.6 is 0 Å². The first kappa shape index (κ1) is 16.4. The number of imidazole rings is 1. The molecule has 7 heteroatoms. The number of amides is 1. The van der Waals surface area contributed by atoms with Crippen molar-refractivity contribution in [2.75, 3.05) is 13.1 Å². The summed E-state index contributed by atoms with van der Waals surface area (Å²) in [4.78, 5) is 19.2. The molecule has 1 fully saturated rings. The van der Waals surface area contributed by atoms with Gasteiger partial charge in [0, 0.05) is 44.0 Å². The van der Waals surface area contributed by atoms with Crippen LogP contribution in [0.5, 0.6) is 5.75 Å². The fourth-order valence-corrected chi connectivity index (χ4v) is 3.57. The quantitative estimate of drug-likeness (QED) is 0.759. The average Bonchev–Trinajstić information content (AvgIpc) is 3.31. The lowest BCUT2D eigenvalue weighted by Gasteiger charge is -2.32. The van der Waals surface area contributed by atoms with Crippen molar-refractivity contribution in [2.24, 2.45) is 7.05 Å². The van der Waals surface area contributed by atoms with Gasteiger partial charge in [-0.05, 0) is 31.0 Å². The molecule has 1 saturated heterocycles. The molecule has 1 unspecified atom stereocenters. The first-order valence-electron chi connectivity index (χ1n) is 8.74.